The standard InChI is InChI=1S/C8H7BrCl2/c1-5-6(4-10)8(11)3-2-7(5)9/h2-3H,4H2,1H3. The first-order valence-corrected chi connectivity index (χ1v) is 4.86. The van der Waals surface area contributed by atoms with Crippen LogP contribution in [-0.4, -0.2) is 0 Å². The SMILES string of the molecule is Cc1c(Br)ccc(Cl)c1CCl. The molecular formula is C8H7BrCl2. The number of benzene rings is 1. The largest absolute Gasteiger partial charge is 0.121 e. The van der Waals surface area contributed by atoms with Crippen molar-refractivity contribution in [2.24, 2.45) is 0 Å². The topological polar surface area (TPSA) is 0 Å². The molecule has 0 saturated heterocycles. The lowest BCUT2D eigenvalue weighted by molar-refractivity contribution is 1.28. The van der Waals surface area contributed by atoms with E-state index in [1.165, 1.54) is 0 Å². The molecule has 0 fully saturated rings. The molecule has 0 aromatic heterocycles. The molecule has 1 aromatic carbocycles. The minimum absolute atomic E-state index is 0.462. The predicted molar refractivity (Wildman–Crippen MR) is 53.4 cm³/mol. The Morgan fingerprint density at radius 1 is 1.45 bits per heavy atom. The highest BCUT2D eigenvalue weighted by Gasteiger charge is 2.04. The average molecular weight is 254 g/mol. The Morgan fingerprint density at radius 2 is 2.09 bits per heavy atom. The summed E-state index contributed by atoms with van der Waals surface area (Å²) in [6.07, 6.45) is 0. The van der Waals surface area contributed by atoms with Gasteiger partial charge < -0.3 is 0 Å². The number of hydrogen-bond acceptors (Lipinski definition) is 0. The van der Waals surface area contributed by atoms with E-state index in [9.17, 15) is 0 Å². The zero-order valence-electron chi connectivity index (χ0n) is 6.00. The van der Waals surface area contributed by atoms with Gasteiger partial charge in [-0.1, -0.05) is 27.5 Å². The van der Waals surface area contributed by atoms with E-state index < -0.39 is 0 Å². The Labute approximate surface area is 84.6 Å². The molecule has 1 aromatic rings. The van der Waals surface area contributed by atoms with Crippen molar-refractivity contribution in [3.05, 3.63) is 32.8 Å². The van der Waals surface area contributed by atoms with Crippen LogP contribution in [-0.2, 0) is 5.88 Å². The molecule has 0 amide bonds. The van der Waals surface area contributed by atoms with Crippen LogP contribution >= 0.6 is 39.1 Å². The maximum Gasteiger partial charge on any atom is 0.0491 e. The van der Waals surface area contributed by atoms with E-state index in [0.29, 0.717) is 5.88 Å². The van der Waals surface area contributed by atoms with Crippen LogP contribution in [0.4, 0.5) is 0 Å². The van der Waals surface area contributed by atoms with Gasteiger partial charge in [-0.2, -0.15) is 0 Å². The lowest BCUT2D eigenvalue weighted by Gasteiger charge is -2.05. The molecule has 60 valence electrons. The third-order valence-electron chi connectivity index (χ3n) is 1.61. The van der Waals surface area contributed by atoms with Crippen LogP contribution in [0.3, 0.4) is 0 Å². The normalized spacial score (nSPS) is 10.2. The van der Waals surface area contributed by atoms with Crippen LogP contribution in [0.25, 0.3) is 0 Å². The summed E-state index contributed by atoms with van der Waals surface area (Å²) < 4.78 is 1.05. The number of alkyl halides is 1. The van der Waals surface area contributed by atoms with Crippen molar-refractivity contribution in [2.45, 2.75) is 12.8 Å². The second-order valence-corrected chi connectivity index (χ2v) is 3.80. The average Bonchev–Trinajstić information content (AvgIpc) is 1.99. The molecule has 0 aliphatic carbocycles. The van der Waals surface area contributed by atoms with Gasteiger partial charge in [-0.3, -0.25) is 0 Å². The number of hydrogen-bond donors (Lipinski definition) is 0. The summed E-state index contributed by atoms with van der Waals surface area (Å²) in [5.41, 5.74) is 2.12. The van der Waals surface area contributed by atoms with Gasteiger partial charge in [0.2, 0.25) is 0 Å². The van der Waals surface area contributed by atoms with Gasteiger partial charge in [-0.05, 0) is 30.2 Å². The van der Waals surface area contributed by atoms with Crippen LogP contribution in [0.1, 0.15) is 11.1 Å². The number of rotatable bonds is 1. The highest BCUT2D eigenvalue weighted by Crippen LogP contribution is 2.27. The molecule has 0 unspecified atom stereocenters. The molecule has 0 atom stereocenters. The van der Waals surface area contributed by atoms with Gasteiger partial charge >= 0.3 is 0 Å². The maximum absolute atomic E-state index is 5.90. The van der Waals surface area contributed by atoms with Crippen LogP contribution < -0.4 is 0 Å². The van der Waals surface area contributed by atoms with Crippen molar-refractivity contribution in [3.8, 4) is 0 Å². The second-order valence-electron chi connectivity index (χ2n) is 2.27. The molecule has 0 N–H and O–H groups in total. The molecule has 0 spiro atoms. The Hall–Kier alpha value is 0.280. The summed E-state index contributed by atoms with van der Waals surface area (Å²) in [5, 5.41) is 0.737. The molecule has 0 heterocycles. The van der Waals surface area contributed by atoms with Gasteiger partial charge in [-0.15, -0.1) is 11.6 Å². The van der Waals surface area contributed by atoms with E-state index in [1.54, 1.807) is 0 Å². The zero-order valence-corrected chi connectivity index (χ0v) is 9.09. The third-order valence-corrected chi connectivity index (χ3v) is 3.09. The van der Waals surface area contributed by atoms with Gasteiger partial charge in [-0.25, -0.2) is 0 Å². The first-order chi connectivity index (χ1) is 5.16. The Balaban J connectivity index is 3.29. The van der Waals surface area contributed by atoms with Gasteiger partial charge in [0.1, 0.15) is 0 Å². The molecular weight excluding hydrogens is 247 g/mol. The van der Waals surface area contributed by atoms with Gasteiger partial charge in [0.25, 0.3) is 0 Å². The van der Waals surface area contributed by atoms with Gasteiger partial charge in [0.15, 0.2) is 0 Å². The quantitative estimate of drug-likeness (QED) is 0.660. The molecule has 0 aliphatic heterocycles. The van der Waals surface area contributed by atoms with Crippen molar-refractivity contribution >= 4 is 39.1 Å². The van der Waals surface area contributed by atoms with E-state index in [2.05, 4.69) is 15.9 Å². The van der Waals surface area contributed by atoms with Crippen molar-refractivity contribution in [1.82, 2.24) is 0 Å². The van der Waals surface area contributed by atoms with Crippen molar-refractivity contribution in [2.75, 3.05) is 0 Å². The molecule has 0 nitrogen and oxygen atoms in total. The lowest BCUT2D eigenvalue weighted by atomic mass is 10.1. The first-order valence-electron chi connectivity index (χ1n) is 3.16. The summed E-state index contributed by atoms with van der Waals surface area (Å²) in [5.74, 6) is 0.462. The lowest BCUT2D eigenvalue weighted by Crippen LogP contribution is -1.87. The van der Waals surface area contributed by atoms with Crippen LogP contribution in [0.5, 0.6) is 0 Å². The van der Waals surface area contributed by atoms with Crippen LogP contribution in [0.2, 0.25) is 5.02 Å². The van der Waals surface area contributed by atoms with Crippen molar-refractivity contribution in [3.63, 3.8) is 0 Å². The Kier molecular flexibility index (Phi) is 3.23. The minimum atomic E-state index is 0.462. The molecule has 0 saturated carbocycles. The summed E-state index contributed by atoms with van der Waals surface area (Å²) in [7, 11) is 0. The first kappa shape index (κ1) is 9.37. The highest BCUT2D eigenvalue weighted by atomic mass is 79.9. The molecule has 1 rings (SSSR count). The monoisotopic (exact) mass is 252 g/mol. The Bertz CT molecular complexity index is 271. The van der Waals surface area contributed by atoms with Crippen LogP contribution in [0, 0.1) is 6.92 Å². The fourth-order valence-electron chi connectivity index (χ4n) is 0.859. The molecule has 0 aliphatic rings. The van der Waals surface area contributed by atoms with Gasteiger partial charge in [0, 0.05) is 15.4 Å². The minimum Gasteiger partial charge on any atom is -0.121 e. The fraction of sp³-hybridized carbons (Fsp3) is 0.250. The zero-order chi connectivity index (χ0) is 8.43. The highest BCUT2D eigenvalue weighted by molar-refractivity contribution is 9.10. The number of halogens is 3. The predicted octanol–water partition coefficient (Wildman–Crippen LogP) is 4.15. The van der Waals surface area contributed by atoms with Crippen molar-refractivity contribution < 1.29 is 0 Å². The smallest absolute Gasteiger partial charge is 0.0491 e. The van der Waals surface area contributed by atoms with E-state index in [0.717, 1.165) is 20.6 Å². The summed E-state index contributed by atoms with van der Waals surface area (Å²) >= 11 is 15.0. The summed E-state index contributed by atoms with van der Waals surface area (Å²) in [6.45, 7) is 1.99. The summed E-state index contributed by atoms with van der Waals surface area (Å²) in [4.78, 5) is 0. The summed E-state index contributed by atoms with van der Waals surface area (Å²) in [6, 6.07) is 3.77. The van der Waals surface area contributed by atoms with Crippen LogP contribution in [0.15, 0.2) is 16.6 Å². The van der Waals surface area contributed by atoms with E-state index in [4.69, 9.17) is 23.2 Å². The maximum atomic E-state index is 5.90. The molecule has 0 radical (unpaired) electrons. The van der Waals surface area contributed by atoms with E-state index >= 15 is 0 Å². The fourth-order valence-corrected chi connectivity index (χ4v) is 1.92. The van der Waals surface area contributed by atoms with E-state index in [-0.39, 0.29) is 0 Å². The third kappa shape index (κ3) is 1.90. The van der Waals surface area contributed by atoms with Gasteiger partial charge in [0.05, 0.1) is 0 Å². The Morgan fingerprint density at radius 3 is 2.55 bits per heavy atom. The molecule has 11 heavy (non-hydrogen) atoms. The molecule has 0 bridgehead atoms. The van der Waals surface area contributed by atoms with E-state index in [1.807, 2.05) is 19.1 Å². The molecule has 3 heteroatoms. The van der Waals surface area contributed by atoms with Crippen molar-refractivity contribution in [1.29, 1.82) is 0 Å². The second kappa shape index (κ2) is 3.79.